The Balaban J connectivity index is 2.20. The van der Waals surface area contributed by atoms with Crippen LogP contribution in [-0.2, 0) is 12.8 Å². The first-order valence-corrected chi connectivity index (χ1v) is 7.15. The fraction of sp³-hybridized carbons (Fsp3) is 0.438. The second kappa shape index (κ2) is 6.94. The molecule has 0 aliphatic carbocycles. The molecular formula is C16H20N4O2. The first kappa shape index (κ1) is 15.8. The molecule has 0 aliphatic heterocycles. The van der Waals surface area contributed by atoms with Gasteiger partial charge < -0.3 is 9.47 Å². The predicted molar refractivity (Wildman–Crippen MR) is 82.1 cm³/mol. The van der Waals surface area contributed by atoms with Crippen LogP contribution in [-0.4, -0.2) is 29.2 Å². The van der Waals surface area contributed by atoms with E-state index in [0.717, 1.165) is 17.7 Å². The summed E-state index contributed by atoms with van der Waals surface area (Å²) in [4.78, 5) is 0. The molecule has 0 saturated heterocycles. The van der Waals surface area contributed by atoms with E-state index >= 15 is 0 Å². The fourth-order valence-electron chi connectivity index (χ4n) is 2.35. The molecular weight excluding hydrogens is 280 g/mol. The first-order chi connectivity index (χ1) is 10.6. The molecule has 22 heavy (non-hydrogen) atoms. The summed E-state index contributed by atoms with van der Waals surface area (Å²) in [5.74, 6) is 1.41. The number of methoxy groups -OCH3 is 2. The Bertz CT molecular complexity index is 686. The van der Waals surface area contributed by atoms with E-state index < -0.39 is 0 Å². The lowest BCUT2D eigenvalue weighted by molar-refractivity contribution is 0.354. The van der Waals surface area contributed by atoms with Crippen LogP contribution in [0.3, 0.4) is 0 Å². The molecule has 0 fully saturated rings. The third-order valence-corrected chi connectivity index (χ3v) is 3.48. The second-order valence-corrected chi connectivity index (χ2v) is 5.22. The number of nitriles is 1. The maximum atomic E-state index is 9.16. The van der Waals surface area contributed by atoms with Crippen LogP contribution in [0.15, 0.2) is 18.2 Å². The number of hydrogen-bond donors (Lipinski definition) is 0. The highest BCUT2D eigenvalue weighted by atomic mass is 16.5. The van der Waals surface area contributed by atoms with Gasteiger partial charge in [0, 0.05) is 6.04 Å². The highest BCUT2D eigenvalue weighted by Gasteiger charge is 2.15. The van der Waals surface area contributed by atoms with Crippen molar-refractivity contribution >= 4 is 0 Å². The van der Waals surface area contributed by atoms with Gasteiger partial charge in [-0.1, -0.05) is 11.3 Å². The van der Waals surface area contributed by atoms with Crippen LogP contribution < -0.4 is 9.47 Å². The van der Waals surface area contributed by atoms with Crippen molar-refractivity contribution in [2.24, 2.45) is 0 Å². The Morgan fingerprint density at radius 2 is 1.91 bits per heavy atom. The molecule has 0 unspecified atom stereocenters. The lowest BCUT2D eigenvalue weighted by Gasteiger charge is -2.11. The maximum Gasteiger partial charge on any atom is 0.185 e. The molecule has 0 saturated carbocycles. The van der Waals surface area contributed by atoms with Crippen LogP contribution in [0.4, 0.5) is 0 Å². The average Bonchev–Trinajstić information content (AvgIpc) is 2.95. The van der Waals surface area contributed by atoms with E-state index in [1.807, 2.05) is 32.0 Å². The first-order valence-electron chi connectivity index (χ1n) is 7.15. The second-order valence-electron chi connectivity index (χ2n) is 5.22. The summed E-state index contributed by atoms with van der Waals surface area (Å²) in [6.45, 7) is 4.05. The summed E-state index contributed by atoms with van der Waals surface area (Å²) >= 11 is 0. The summed E-state index contributed by atoms with van der Waals surface area (Å²) in [5.41, 5.74) is 2.37. The lowest BCUT2D eigenvalue weighted by atomic mass is 10.1. The monoisotopic (exact) mass is 300 g/mol. The minimum absolute atomic E-state index is 0.176. The Labute approximate surface area is 130 Å². The van der Waals surface area contributed by atoms with E-state index in [4.69, 9.17) is 14.7 Å². The molecule has 6 heteroatoms. The van der Waals surface area contributed by atoms with Gasteiger partial charge in [-0.15, -0.1) is 5.10 Å². The van der Waals surface area contributed by atoms with Crippen LogP contribution in [0.1, 0.15) is 36.8 Å². The van der Waals surface area contributed by atoms with E-state index in [1.165, 1.54) is 0 Å². The molecule has 0 N–H and O–H groups in total. The van der Waals surface area contributed by atoms with Crippen molar-refractivity contribution in [1.29, 1.82) is 5.26 Å². The third kappa shape index (κ3) is 3.19. The van der Waals surface area contributed by atoms with E-state index in [1.54, 1.807) is 18.9 Å². The van der Waals surface area contributed by atoms with E-state index in [-0.39, 0.29) is 6.04 Å². The van der Waals surface area contributed by atoms with Gasteiger partial charge in [0.25, 0.3) is 0 Å². The number of nitrogens with zero attached hydrogens (tertiary/aromatic N) is 4. The number of aromatic nitrogens is 3. The minimum atomic E-state index is 0.176. The number of aryl methyl sites for hydroxylation is 1. The molecule has 0 bridgehead atoms. The normalized spacial score (nSPS) is 10.5. The molecule has 116 valence electrons. The van der Waals surface area contributed by atoms with Crippen LogP contribution in [0.5, 0.6) is 11.5 Å². The Kier molecular flexibility index (Phi) is 4.99. The van der Waals surface area contributed by atoms with Crippen LogP contribution >= 0.6 is 0 Å². The van der Waals surface area contributed by atoms with Crippen molar-refractivity contribution in [2.75, 3.05) is 14.2 Å². The van der Waals surface area contributed by atoms with Crippen LogP contribution in [0.25, 0.3) is 0 Å². The van der Waals surface area contributed by atoms with Gasteiger partial charge in [-0.25, -0.2) is 4.68 Å². The van der Waals surface area contributed by atoms with Crippen molar-refractivity contribution in [3.05, 3.63) is 35.2 Å². The van der Waals surface area contributed by atoms with Crippen molar-refractivity contribution in [3.63, 3.8) is 0 Å². The molecule has 6 nitrogen and oxygen atoms in total. The summed E-state index contributed by atoms with van der Waals surface area (Å²) in [6.07, 6.45) is 1.47. The van der Waals surface area contributed by atoms with Gasteiger partial charge >= 0.3 is 0 Å². The van der Waals surface area contributed by atoms with Gasteiger partial charge in [0.15, 0.2) is 17.2 Å². The van der Waals surface area contributed by atoms with E-state index in [0.29, 0.717) is 23.6 Å². The lowest BCUT2D eigenvalue weighted by Crippen LogP contribution is -2.09. The van der Waals surface area contributed by atoms with Gasteiger partial charge in [-0.05, 0) is 44.4 Å². The smallest absolute Gasteiger partial charge is 0.185 e. The number of rotatable bonds is 6. The van der Waals surface area contributed by atoms with Gasteiger partial charge in [0.1, 0.15) is 6.07 Å². The quantitative estimate of drug-likeness (QED) is 0.819. The SMILES string of the molecule is COc1ccc(CCc2c(C#N)nnn2C(C)C)cc1OC. The fourth-order valence-corrected chi connectivity index (χ4v) is 2.35. The molecule has 0 amide bonds. The molecule has 2 rings (SSSR count). The molecule has 0 spiro atoms. The van der Waals surface area contributed by atoms with E-state index in [2.05, 4.69) is 16.4 Å². The van der Waals surface area contributed by atoms with Crippen LogP contribution in [0, 0.1) is 11.3 Å². The molecule has 0 radical (unpaired) electrons. The topological polar surface area (TPSA) is 73.0 Å². The summed E-state index contributed by atoms with van der Waals surface area (Å²) in [5, 5.41) is 17.2. The molecule has 1 aromatic carbocycles. The zero-order valence-electron chi connectivity index (χ0n) is 13.3. The zero-order chi connectivity index (χ0) is 16.1. The highest BCUT2D eigenvalue weighted by molar-refractivity contribution is 5.43. The zero-order valence-corrected chi connectivity index (χ0v) is 13.3. The maximum absolute atomic E-state index is 9.16. The largest absolute Gasteiger partial charge is 0.493 e. The number of hydrogen-bond acceptors (Lipinski definition) is 5. The predicted octanol–water partition coefficient (Wildman–Crippen LogP) is 2.53. The minimum Gasteiger partial charge on any atom is -0.493 e. The Hall–Kier alpha value is -2.55. The Morgan fingerprint density at radius 3 is 2.50 bits per heavy atom. The van der Waals surface area contributed by atoms with Crippen molar-refractivity contribution in [1.82, 2.24) is 15.0 Å². The molecule has 0 atom stereocenters. The summed E-state index contributed by atoms with van der Waals surface area (Å²) in [6, 6.07) is 8.12. The van der Waals surface area contributed by atoms with E-state index in [9.17, 15) is 0 Å². The van der Waals surface area contributed by atoms with Gasteiger partial charge in [-0.2, -0.15) is 5.26 Å². The van der Waals surface area contributed by atoms with Crippen molar-refractivity contribution in [3.8, 4) is 17.6 Å². The molecule has 0 aliphatic rings. The van der Waals surface area contributed by atoms with Gasteiger partial charge in [0.05, 0.1) is 19.9 Å². The number of benzene rings is 1. The van der Waals surface area contributed by atoms with Crippen molar-refractivity contribution < 1.29 is 9.47 Å². The van der Waals surface area contributed by atoms with Crippen LogP contribution in [0.2, 0.25) is 0 Å². The summed E-state index contributed by atoms with van der Waals surface area (Å²) < 4.78 is 12.4. The third-order valence-electron chi connectivity index (χ3n) is 3.48. The standard InChI is InChI=1S/C16H20N4O2/c1-11(2)20-14(13(10-17)18-19-20)7-5-12-6-8-15(21-3)16(9-12)22-4/h6,8-9,11H,5,7H2,1-4H3. The molecule has 2 aromatic rings. The average molecular weight is 300 g/mol. The van der Waals surface area contributed by atoms with Crippen molar-refractivity contribution in [2.45, 2.75) is 32.7 Å². The summed E-state index contributed by atoms with van der Waals surface area (Å²) in [7, 11) is 3.23. The molecule has 1 heterocycles. The Morgan fingerprint density at radius 1 is 1.18 bits per heavy atom. The van der Waals surface area contributed by atoms with Gasteiger partial charge in [0.2, 0.25) is 0 Å². The van der Waals surface area contributed by atoms with Gasteiger partial charge in [-0.3, -0.25) is 0 Å². The molecule has 1 aromatic heterocycles. The highest BCUT2D eigenvalue weighted by Crippen LogP contribution is 2.28. The number of ether oxygens (including phenoxy) is 2.